The van der Waals surface area contributed by atoms with Crippen LogP contribution in [-0.2, 0) is 30.4 Å². The molecule has 0 aliphatic carbocycles. The fourth-order valence-electron chi connectivity index (χ4n) is 2.75. The first-order valence-electron chi connectivity index (χ1n) is 9.63. The van der Waals surface area contributed by atoms with Gasteiger partial charge in [0.25, 0.3) is 0 Å². The van der Waals surface area contributed by atoms with Crippen LogP contribution in [0.1, 0.15) is 38.3 Å². The highest BCUT2D eigenvalue weighted by atomic mass is 16.4. The van der Waals surface area contributed by atoms with E-state index in [0.29, 0.717) is 25.1 Å². The molecule has 0 aromatic carbocycles. The first kappa shape index (κ1) is 25.6. The molecule has 1 aromatic heterocycles. The van der Waals surface area contributed by atoms with Gasteiger partial charge in [-0.1, -0.05) is 0 Å². The first-order chi connectivity index (χ1) is 14.6. The van der Waals surface area contributed by atoms with E-state index < -0.39 is 54.2 Å². The predicted molar refractivity (Wildman–Crippen MR) is 107 cm³/mol. The van der Waals surface area contributed by atoms with Crippen molar-refractivity contribution in [3.63, 3.8) is 0 Å². The molecule has 1 aromatic rings. The molecule has 3 unspecified atom stereocenters. The number of nitrogens with two attached hydrogens (primary N) is 1. The lowest BCUT2D eigenvalue weighted by Crippen LogP contribution is -2.56. The van der Waals surface area contributed by atoms with E-state index in [-0.39, 0.29) is 12.8 Å². The van der Waals surface area contributed by atoms with E-state index in [4.69, 9.17) is 10.8 Å². The van der Waals surface area contributed by atoms with Gasteiger partial charge in [0.2, 0.25) is 17.7 Å². The average molecular weight is 440 g/mol. The Bertz CT molecular complexity index is 751. The number of carbonyl (C=O) groups is 5. The second kappa shape index (κ2) is 13.0. The number of carboxylic acids is 2. The van der Waals surface area contributed by atoms with Gasteiger partial charge in [-0.15, -0.1) is 0 Å². The van der Waals surface area contributed by atoms with E-state index >= 15 is 0 Å². The minimum atomic E-state index is -1.41. The minimum Gasteiger partial charge on any atom is -0.481 e. The molecule has 0 saturated carbocycles. The zero-order chi connectivity index (χ0) is 23.4. The lowest BCUT2D eigenvalue weighted by atomic mass is 10.1. The highest BCUT2D eigenvalue weighted by Crippen LogP contribution is 2.05. The Morgan fingerprint density at radius 3 is 2.19 bits per heavy atom. The third-order valence-corrected chi connectivity index (χ3v) is 4.25. The Labute approximate surface area is 178 Å². The maximum absolute atomic E-state index is 12.8. The molecule has 31 heavy (non-hydrogen) atoms. The Morgan fingerprint density at radius 2 is 1.68 bits per heavy atom. The fourth-order valence-corrected chi connectivity index (χ4v) is 2.75. The van der Waals surface area contributed by atoms with Crippen LogP contribution in [0.25, 0.3) is 0 Å². The van der Waals surface area contributed by atoms with E-state index in [9.17, 15) is 29.1 Å². The number of unbranched alkanes of at least 4 members (excludes halogenated alkanes) is 1. The molecule has 0 fully saturated rings. The molecule has 1 heterocycles. The number of rotatable bonds is 14. The van der Waals surface area contributed by atoms with Crippen molar-refractivity contribution in [2.45, 2.75) is 57.2 Å². The van der Waals surface area contributed by atoms with Gasteiger partial charge in [0, 0.05) is 25.2 Å². The van der Waals surface area contributed by atoms with Gasteiger partial charge < -0.3 is 36.9 Å². The van der Waals surface area contributed by atoms with Crippen molar-refractivity contribution in [1.82, 2.24) is 25.9 Å². The third-order valence-electron chi connectivity index (χ3n) is 4.25. The zero-order valence-electron chi connectivity index (χ0n) is 17.1. The maximum atomic E-state index is 12.8. The molecular formula is C18H28N6O7. The van der Waals surface area contributed by atoms with E-state index in [1.54, 1.807) is 0 Å². The highest BCUT2D eigenvalue weighted by Gasteiger charge is 2.30. The van der Waals surface area contributed by atoms with Gasteiger partial charge in [0.1, 0.15) is 18.1 Å². The van der Waals surface area contributed by atoms with Crippen molar-refractivity contribution < 1.29 is 34.2 Å². The molecule has 0 aliphatic heterocycles. The van der Waals surface area contributed by atoms with Crippen LogP contribution in [0.2, 0.25) is 0 Å². The van der Waals surface area contributed by atoms with E-state index in [1.165, 1.54) is 12.5 Å². The Morgan fingerprint density at radius 1 is 1.03 bits per heavy atom. The van der Waals surface area contributed by atoms with Crippen LogP contribution >= 0.6 is 0 Å². The lowest BCUT2D eigenvalue weighted by Gasteiger charge is -2.23. The standard InChI is InChI=1S/C18H28N6O7/c1-10(25)22-14(7-15(26)27)17(29)24-13(6-11-8-20-9-21-11)16(28)23-12(18(30)31)4-2-3-5-19/h8-9,12-14H,2-7,19H2,1H3,(H,20,21)(H,22,25)(H,23,28)(H,24,29)(H,26,27)(H,30,31). The number of carboxylic acid groups (broad SMARTS) is 2. The summed E-state index contributed by atoms with van der Waals surface area (Å²) in [4.78, 5) is 65.7. The summed E-state index contributed by atoms with van der Waals surface area (Å²) >= 11 is 0. The van der Waals surface area contributed by atoms with Gasteiger partial charge in [-0.05, 0) is 25.8 Å². The number of nitrogens with one attached hydrogen (secondary N) is 4. The van der Waals surface area contributed by atoms with E-state index in [2.05, 4.69) is 25.9 Å². The second-order valence-corrected chi connectivity index (χ2v) is 6.88. The molecule has 0 saturated heterocycles. The highest BCUT2D eigenvalue weighted by molar-refractivity contribution is 5.94. The number of H-pyrrole nitrogens is 1. The number of carbonyl (C=O) groups excluding carboxylic acids is 3. The average Bonchev–Trinajstić information content (AvgIpc) is 3.18. The Kier molecular flexibility index (Phi) is 10.7. The monoisotopic (exact) mass is 440 g/mol. The molecule has 0 aliphatic rings. The van der Waals surface area contributed by atoms with Crippen molar-refractivity contribution in [3.05, 3.63) is 18.2 Å². The normalized spacial score (nSPS) is 13.5. The van der Waals surface area contributed by atoms with Crippen molar-refractivity contribution in [1.29, 1.82) is 0 Å². The molecular weight excluding hydrogens is 412 g/mol. The first-order valence-corrected chi connectivity index (χ1v) is 9.63. The fraction of sp³-hybridized carbons (Fsp3) is 0.556. The summed E-state index contributed by atoms with van der Waals surface area (Å²) in [5, 5.41) is 25.3. The number of hydrogen-bond donors (Lipinski definition) is 7. The summed E-state index contributed by atoms with van der Waals surface area (Å²) in [6.45, 7) is 1.50. The largest absolute Gasteiger partial charge is 0.481 e. The molecule has 0 bridgehead atoms. The van der Waals surface area contributed by atoms with Crippen molar-refractivity contribution in [2.75, 3.05) is 6.54 Å². The summed E-state index contributed by atoms with van der Waals surface area (Å²) in [5.41, 5.74) is 5.88. The molecule has 0 spiro atoms. The smallest absolute Gasteiger partial charge is 0.326 e. The summed E-state index contributed by atoms with van der Waals surface area (Å²) in [5.74, 6) is -4.86. The third kappa shape index (κ3) is 9.71. The second-order valence-electron chi connectivity index (χ2n) is 6.88. The van der Waals surface area contributed by atoms with Gasteiger partial charge in [0.15, 0.2) is 0 Å². The lowest BCUT2D eigenvalue weighted by molar-refractivity contribution is -0.143. The number of imidazole rings is 1. The van der Waals surface area contributed by atoms with Crippen LogP contribution in [0.5, 0.6) is 0 Å². The summed E-state index contributed by atoms with van der Waals surface area (Å²) in [7, 11) is 0. The number of nitrogens with zero attached hydrogens (tertiary/aromatic N) is 1. The van der Waals surface area contributed by atoms with Gasteiger partial charge in [-0.3, -0.25) is 19.2 Å². The van der Waals surface area contributed by atoms with Crippen LogP contribution in [0.15, 0.2) is 12.5 Å². The minimum absolute atomic E-state index is 0.0629. The van der Waals surface area contributed by atoms with Crippen LogP contribution < -0.4 is 21.7 Å². The number of aromatic nitrogens is 2. The van der Waals surface area contributed by atoms with Gasteiger partial charge >= 0.3 is 11.9 Å². The Hall–Kier alpha value is -3.48. The number of amides is 3. The molecule has 1 rings (SSSR count). The quantitative estimate of drug-likeness (QED) is 0.161. The van der Waals surface area contributed by atoms with Gasteiger partial charge in [-0.2, -0.15) is 0 Å². The summed E-state index contributed by atoms with van der Waals surface area (Å²) in [6.07, 6.45) is 3.24. The van der Waals surface area contributed by atoms with E-state index in [1.807, 2.05) is 0 Å². The molecule has 13 heteroatoms. The van der Waals surface area contributed by atoms with Crippen LogP contribution in [0, 0.1) is 0 Å². The summed E-state index contributed by atoms with van der Waals surface area (Å²) < 4.78 is 0. The Balaban J connectivity index is 2.97. The molecule has 0 radical (unpaired) electrons. The number of hydrogen-bond acceptors (Lipinski definition) is 7. The SMILES string of the molecule is CC(=O)NC(CC(=O)O)C(=O)NC(Cc1cnc[nH]1)C(=O)NC(CCCCN)C(=O)O. The van der Waals surface area contributed by atoms with Crippen molar-refractivity contribution in [2.24, 2.45) is 5.73 Å². The summed E-state index contributed by atoms with van der Waals surface area (Å²) in [6, 6.07) is -3.84. The maximum Gasteiger partial charge on any atom is 0.326 e. The predicted octanol–water partition coefficient (Wildman–Crippen LogP) is -1.89. The van der Waals surface area contributed by atoms with Crippen molar-refractivity contribution >= 4 is 29.7 Å². The van der Waals surface area contributed by atoms with Gasteiger partial charge in [-0.25, -0.2) is 9.78 Å². The van der Waals surface area contributed by atoms with Crippen molar-refractivity contribution in [3.8, 4) is 0 Å². The van der Waals surface area contributed by atoms with Gasteiger partial charge in [0.05, 0.1) is 12.7 Å². The van der Waals surface area contributed by atoms with E-state index in [0.717, 1.165) is 6.92 Å². The topological polar surface area (TPSA) is 217 Å². The molecule has 172 valence electrons. The van der Waals surface area contributed by atoms with Crippen LogP contribution in [0.4, 0.5) is 0 Å². The molecule has 3 amide bonds. The number of aromatic amines is 1. The van der Waals surface area contributed by atoms with Crippen LogP contribution in [-0.4, -0.2) is 74.5 Å². The molecule has 3 atom stereocenters. The number of aliphatic carboxylic acids is 2. The van der Waals surface area contributed by atoms with Crippen LogP contribution in [0.3, 0.4) is 0 Å². The molecule has 8 N–H and O–H groups in total. The molecule has 13 nitrogen and oxygen atoms in total. The zero-order valence-corrected chi connectivity index (χ0v) is 17.1.